The monoisotopic (exact) mass is 417 g/mol. The Balaban J connectivity index is 1.26. The fraction of sp³-hybridized carbons (Fsp3) is 0.269. The highest BCUT2D eigenvalue weighted by atomic mass is 16.5. The highest BCUT2D eigenvalue weighted by Crippen LogP contribution is 2.22. The number of quaternary nitrogens is 1. The molecule has 1 fully saturated rings. The minimum absolute atomic E-state index is 0.00155. The molecule has 160 valence electrons. The van der Waals surface area contributed by atoms with E-state index in [-0.39, 0.29) is 12.5 Å². The maximum atomic E-state index is 12.3. The number of nitrogens with one attached hydrogen (secondary N) is 2. The number of ether oxygens (including phenoxy) is 2. The molecule has 1 saturated heterocycles. The van der Waals surface area contributed by atoms with Crippen LogP contribution in [0.5, 0.6) is 5.75 Å². The summed E-state index contributed by atoms with van der Waals surface area (Å²) in [6.45, 7) is 5.15. The number of carbonyl (C=O) groups is 1. The van der Waals surface area contributed by atoms with E-state index in [1.807, 2.05) is 48.5 Å². The molecule has 0 atom stereocenters. The normalized spacial score (nSPS) is 14.2. The summed E-state index contributed by atoms with van der Waals surface area (Å²) in [4.78, 5) is 13.8. The first-order chi connectivity index (χ1) is 15.3. The van der Waals surface area contributed by atoms with Crippen LogP contribution < -0.4 is 15.0 Å². The Morgan fingerprint density at radius 3 is 2.23 bits per heavy atom. The third kappa shape index (κ3) is 6.17. The molecule has 1 heterocycles. The quantitative estimate of drug-likeness (QED) is 0.592. The topological polar surface area (TPSA) is 52.0 Å². The summed E-state index contributed by atoms with van der Waals surface area (Å²) in [5.41, 5.74) is 4.71. The molecule has 3 aromatic carbocycles. The Labute approximate surface area is 183 Å². The zero-order valence-corrected chi connectivity index (χ0v) is 17.7. The van der Waals surface area contributed by atoms with Crippen molar-refractivity contribution in [1.29, 1.82) is 0 Å². The van der Waals surface area contributed by atoms with Gasteiger partial charge in [0.15, 0.2) is 6.61 Å². The largest absolute Gasteiger partial charge is 0.484 e. The lowest BCUT2D eigenvalue weighted by atomic mass is 10.1. The standard InChI is InChI=1S/C26H28N2O3/c29-26(20-31-25-12-10-22(11-13-25)21-6-2-1-3-7-21)27-18-23-8-4-5-9-24(23)19-28-14-16-30-17-15-28/h1-13H,14-20H2,(H,27,29)/p+1. The highest BCUT2D eigenvalue weighted by molar-refractivity contribution is 5.77. The van der Waals surface area contributed by atoms with Gasteiger partial charge in [-0.2, -0.15) is 0 Å². The van der Waals surface area contributed by atoms with Gasteiger partial charge < -0.3 is 19.7 Å². The van der Waals surface area contributed by atoms with Crippen molar-refractivity contribution in [2.45, 2.75) is 13.1 Å². The van der Waals surface area contributed by atoms with E-state index < -0.39 is 0 Å². The van der Waals surface area contributed by atoms with Crippen molar-refractivity contribution >= 4 is 5.91 Å². The fourth-order valence-corrected chi connectivity index (χ4v) is 3.78. The number of morpholine rings is 1. The summed E-state index contributed by atoms with van der Waals surface area (Å²) in [5.74, 6) is 0.562. The number of rotatable bonds is 8. The molecule has 5 nitrogen and oxygen atoms in total. The van der Waals surface area contributed by atoms with Crippen LogP contribution in [0.25, 0.3) is 11.1 Å². The molecular weight excluding hydrogens is 388 g/mol. The van der Waals surface area contributed by atoms with Crippen molar-refractivity contribution in [2.24, 2.45) is 0 Å². The molecule has 5 heteroatoms. The molecule has 0 saturated carbocycles. The van der Waals surface area contributed by atoms with Crippen molar-refractivity contribution in [3.63, 3.8) is 0 Å². The molecule has 4 rings (SSSR count). The number of benzene rings is 3. The minimum Gasteiger partial charge on any atom is -0.484 e. The van der Waals surface area contributed by atoms with Crippen LogP contribution in [0.2, 0.25) is 0 Å². The van der Waals surface area contributed by atoms with Gasteiger partial charge in [-0.05, 0) is 28.8 Å². The number of carbonyl (C=O) groups excluding carboxylic acids is 1. The third-order valence-electron chi connectivity index (χ3n) is 5.57. The van der Waals surface area contributed by atoms with E-state index in [1.165, 1.54) is 10.5 Å². The first-order valence-electron chi connectivity index (χ1n) is 10.8. The van der Waals surface area contributed by atoms with Crippen LogP contribution in [0.15, 0.2) is 78.9 Å². The van der Waals surface area contributed by atoms with Gasteiger partial charge in [0.05, 0.1) is 13.2 Å². The second-order valence-electron chi connectivity index (χ2n) is 7.76. The lowest BCUT2D eigenvalue weighted by molar-refractivity contribution is -0.921. The average molecular weight is 418 g/mol. The molecule has 0 aliphatic carbocycles. The Morgan fingerprint density at radius 1 is 0.839 bits per heavy atom. The Hall–Kier alpha value is -3.15. The van der Waals surface area contributed by atoms with Gasteiger partial charge in [-0.15, -0.1) is 0 Å². The maximum absolute atomic E-state index is 12.3. The van der Waals surface area contributed by atoms with E-state index in [9.17, 15) is 4.79 Å². The van der Waals surface area contributed by atoms with Gasteiger partial charge in [0, 0.05) is 12.1 Å². The van der Waals surface area contributed by atoms with Crippen LogP contribution in [0.1, 0.15) is 11.1 Å². The summed E-state index contributed by atoms with van der Waals surface area (Å²) in [6, 6.07) is 26.3. The summed E-state index contributed by atoms with van der Waals surface area (Å²) in [6.07, 6.45) is 0. The van der Waals surface area contributed by atoms with E-state index >= 15 is 0 Å². The Morgan fingerprint density at radius 2 is 1.48 bits per heavy atom. The second kappa shape index (κ2) is 10.8. The predicted molar refractivity (Wildman–Crippen MR) is 121 cm³/mol. The number of amides is 1. The van der Waals surface area contributed by atoms with Gasteiger partial charge in [-0.1, -0.05) is 66.7 Å². The van der Waals surface area contributed by atoms with Crippen molar-refractivity contribution in [2.75, 3.05) is 32.9 Å². The van der Waals surface area contributed by atoms with Crippen LogP contribution in [-0.2, 0) is 22.6 Å². The lowest BCUT2D eigenvalue weighted by Crippen LogP contribution is -3.12. The number of hydrogen-bond acceptors (Lipinski definition) is 3. The zero-order chi connectivity index (χ0) is 21.3. The number of hydrogen-bond donors (Lipinski definition) is 2. The molecule has 0 unspecified atom stereocenters. The molecule has 1 amide bonds. The van der Waals surface area contributed by atoms with Crippen LogP contribution in [0.4, 0.5) is 0 Å². The predicted octanol–water partition coefficient (Wildman–Crippen LogP) is 2.46. The van der Waals surface area contributed by atoms with Gasteiger partial charge in [0.1, 0.15) is 25.4 Å². The maximum Gasteiger partial charge on any atom is 0.258 e. The highest BCUT2D eigenvalue weighted by Gasteiger charge is 2.16. The molecular formula is C26H29N2O3+. The molecule has 3 aromatic rings. The van der Waals surface area contributed by atoms with Crippen molar-refractivity contribution < 1.29 is 19.2 Å². The van der Waals surface area contributed by atoms with E-state index in [1.54, 1.807) is 0 Å². The summed E-state index contributed by atoms with van der Waals surface area (Å²) in [5, 5.41) is 2.99. The van der Waals surface area contributed by atoms with Crippen molar-refractivity contribution in [1.82, 2.24) is 5.32 Å². The smallest absolute Gasteiger partial charge is 0.258 e. The van der Waals surface area contributed by atoms with E-state index in [0.717, 1.165) is 49.5 Å². The van der Waals surface area contributed by atoms with Crippen molar-refractivity contribution in [3.05, 3.63) is 90.0 Å². The molecule has 0 radical (unpaired) electrons. The average Bonchev–Trinajstić information content (AvgIpc) is 2.84. The first-order valence-corrected chi connectivity index (χ1v) is 10.8. The third-order valence-corrected chi connectivity index (χ3v) is 5.57. The Kier molecular flexibility index (Phi) is 7.32. The zero-order valence-electron chi connectivity index (χ0n) is 17.7. The summed E-state index contributed by atoms with van der Waals surface area (Å²) in [7, 11) is 0. The first kappa shape index (κ1) is 21.1. The molecule has 2 N–H and O–H groups in total. The van der Waals surface area contributed by atoms with Crippen LogP contribution >= 0.6 is 0 Å². The molecule has 0 aromatic heterocycles. The van der Waals surface area contributed by atoms with Crippen LogP contribution in [0, 0.1) is 0 Å². The molecule has 0 bridgehead atoms. The van der Waals surface area contributed by atoms with Crippen molar-refractivity contribution in [3.8, 4) is 16.9 Å². The van der Waals surface area contributed by atoms with Crippen LogP contribution in [-0.4, -0.2) is 38.8 Å². The molecule has 1 aliphatic rings. The van der Waals surface area contributed by atoms with Gasteiger partial charge in [-0.3, -0.25) is 4.79 Å². The minimum atomic E-state index is -0.124. The summed E-state index contributed by atoms with van der Waals surface area (Å²) < 4.78 is 11.1. The molecule has 0 spiro atoms. The molecule has 31 heavy (non-hydrogen) atoms. The van der Waals surface area contributed by atoms with Crippen LogP contribution in [0.3, 0.4) is 0 Å². The second-order valence-corrected chi connectivity index (χ2v) is 7.76. The van der Waals surface area contributed by atoms with Gasteiger partial charge >= 0.3 is 0 Å². The Bertz CT molecular complexity index is 967. The lowest BCUT2D eigenvalue weighted by Gasteiger charge is -2.24. The summed E-state index contributed by atoms with van der Waals surface area (Å²) >= 11 is 0. The fourth-order valence-electron chi connectivity index (χ4n) is 3.78. The van der Waals surface area contributed by atoms with E-state index in [0.29, 0.717) is 12.3 Å². The van der Waals surface area contributed by atoms with E-state index in [4.69, 9.17) is 9.47 Å². The van der Waals surface area contributed by atoms with Gasteiger partial charge in [0.2, 0.25) is 0 Å². The van der Waals surface area contributed by atoms with Gasteiger partial charge in [-0.25, -0.2) is 0 Å². The van der Waals surface area contributed by atoms with Gasteiger partial charge in [0.25, 0.3) is 5.91 Å². The SMILES string of the molecule is O=C(COc1ccc(-c2ccccc2)cc1)NCc1ccccc1C[NH+]1CCOCC1. The van der Waals surface area contributed by atoms with E-state index in [2.05, 4.69) is 35.6 Å². The molecule has 1 aliphatic heterocycles.